The van der Waals surface area contributed by atoms with Crippen molar-refractivity contribution in [3.05, 3.63) is 46.3 Å². The van der Waals surface area contributed by atoms with Crippen molar-refractivity contribution in [2.75, 3.05) is 10.6 Å². The van der Waals surface area contributed by atoms with Crippen molar-refractivity contribution in [1.29, 1.82) is 0 Å². The second-order valence-electron chi connectivity index (χ2n) is 5.11. The minimum Gasteiger partial charge on any atom is -0.322 e. The van der Waals surface area contributed by atoms with Gasteiger partial charge in [0.2, 0.25) is 5.91 Å². The van der Waals surface area contributed by atoms with Gasteiger partial charge in [0.05, 0.1) is 5.56 Å². The molecule has 1 heterocycles. The zero-order valence-corrected chi connectivity index (χ0v) is 13.8. The van der Waals surface area contributed by atoms with E-state index in [2.05, 4.69) is 10.6 Å². The highest BCUT2D eigenvalue weighted by atomic mass is 32.1. The van der Waals surface area contributed by atoms with Gasteiger partial charge in [-0.2, -0.15) is 0 Å². The van der Waals surface area contributed by atoms with Gasteiger partial charge in [-0.3, -0.25) is 9.59 Å². The Balaban J connectivity index is 2.25. The number of anilines is 2. The number of rotatable bonds is 5. The third kappa shape index (κ3) is 3.74. The van der Waals surface area contributed by atoms with Crippen LogP contribution in [0.5, 0.6) is 0 Å². The monoisotopic (exact) mass is 316 g/mol. The van der Waals surface area contributed by atoms with Crippen LogP contribution >= 0.6 is 11.3 Å². The van der Waals surface area contributed by atoms with E-state index in [-0.39, 0.29) is 11.8 Å². The average molecular weight is 316 g/mol. The van der Waals surface area contributed by atoms with Crippen LogP contribution in [0.4, 0.5) is 10.7 Å². The van der Waals surface area contributed by atoms with Gasteiger partial charge in [0, 0.05) is 17.0 Å². The lowest BCUT2D eigenvalue weighted by atomic mass is 10.1. The Hall–Kier alpha value is -2.14. The fourth-order valence-electron chi connectivity index (χ4n) is 2.12. The van der Waals surface area contributed by atoms with E-state index in [9.17, 15) is 9.59 Å². The SMILES string of the molecule is CCCC(=O)Nc1sc(C)c(C)c1C(=O)Nc1ccccc1. The summed E-state index contributed by atoms with van der Waals surface area (Å²) in [7, 11) is 0. The fourth-order valence-corrected chi connectivity index (χ4v) is 3.19. The van der Waals surface area contributed by atoms with E-state index in [4.69, 9.17) is 0 Å². The molecule has 2 rings (SSSR count). The quantitative estimate of drug-likeness (QED) is 0.861. The molecule has 1 aromatic heterocycles. The molecule has 0 atom stereocenters. The molecular formula is C17H20N2O2S. The molecule has 4 nitrogen and oxygen atoms in total. The number of para-hydroxylation sites is 1. The Morgan fingerprint density at radius 1 is 1.09 bits per heavy atom. The van der Waals surface area contributed by atoms with E-state index in [0.717, 1.165) is 22.5 Å². The third-order valence-electron chi connectivity index (χ3n) is 3.37. The van der Waals surface area contributed by atoms with Gasteiger partial charge in [0.25, 0.3) is 5.91 Å². The maximum atomic E-state index is 12.6. The van der Waals surface area contributed by atoms with Crippen molar-refractivity contribution in [3.8, 4) is 0 Å². The number of hydrogen-bond donors (Lipinski definition) is 2. The number of carbonyl (C=O) groups excluding carboxylic acids is 2. The molecule has 2 amide bonds. The summed E-state index contributed by atoms with van der Waals surface area (Å²) in [5.74, 6) is -0.252. The molecule has 22 heavy (non-hydrogen) atoms. The summed E-state index contributed by atoms with van der Waals surface area (Å²) in [6.45, 7) is 5.81. The summed E-state index contributed by atoms with van der Waals surface area (Å²) < 4.78 is 0. The zero-order chi connectivity index (χ0) is 16.1. The van der Waals surface area contributed by atoms with Gasteiger partial charge in [-0.15, -0.1) is 11.3 Å². The van der Waals surface area contributed by atoms with Crippen molar-refractivity contribution >= 4 is 33.8 Å². The molecule has 0 saturated carbocycles. The summed E-state index contributed by atoms with van der Waals surface area (Å²) in [6.07, 6.45) is 1.23. The van der Waals surface area contributed by atoms with E-state index in [1.165, 1.54) is 11.3 Å². The van der Waals surface area contributed by atoms with Gasteiger partial charge in [0.15, 0.2) is 0 Å². The van der Waals surface area contributed by atoms with Crippen LogP contribution in [0.25, 0.3) is 0 Å². The van der Waals surface area contributed by atoms with Crippen LogP contribution in [-0.4, -0.2) is 11.8 Å². The molecule has 0 aliphatic heterocycles. The number of thiophene rings is 1. The van der Waals surface area contributed by atoms with Gasteiger partial charge in [-0.1, -0.05) is 25.1 Å². The summed E-state index contributed by atoms with van der Waals surface area (Å²) >= 11 is 1.44. The van der Waals surface area contributed by atoms with Crippen molar-refractivity contribution in [1.82, 2.24) is 0 Å². The van der Waals surface area contributed by atoms with Gasteiger partial charge in [0.1, 0.15) is 5.00 Å². The number of benzene rings is 1. The molecule has 2 aromatic rings. The van der Waals surface area contributed by atoms with Crippen LogP contribution in [0.15, 0.2) is 30.3 Å². The van der Waals surface area contributed by atoms with Gasteiger partial charge >= 0.3 is 0 Å². The van der Waals surface area contributed by atoms with Crippen LogP contribution in [0.1, 0.15) is 40.6 Å². The van der Waals surface area contributed by atoms with Crippen LogP contribution in [0.2, 0.25) is 0 Å². The van der Waals surface area contributed by atoms with Crippen LogP contribution in [-0.2, 0) is 4.79 Å². The first-order chi connectivity index (χ1) is 10.5. The summed E-state index contributed by atoms with van der Waals surface area (Å²) in [4.78, 5) is 25.4. The molecule has 0 aliphatic rings. The van der Waals surface area contributed by atoms with Crippen LogP contribution in [0, 0.1) is 13.8 Å². The third-order valence-corrected chi connectivity index (χ3v) is 4.50. The highest BCUT2D eigenvalue weighted by molar-refractivity contribution is 7.16. The lowest BCUT2D eigenvalue weighted by Crippen LogP contribution is -2.17. The Morgan fingerprint density at radius 2 is 1.77 bits per heavy atom. The van der Waals surface area contributed by atoms with Crippen molar-refractivity contribution in [2.45, 2.75) is 33.6 Å². The molecule has 0 radical (unpaired) electrons. The highest BCUT2D eigenvalue weighted by Gasteiger charge is 2.20. The van der Waals surface area contributed by atoms with Gasteiger partial charge < -0.3 is 10.6 Å². The van der Waals surface area contributed by atoms with Crippen molar-refractivity contribution < 1.29 is 9.59 Å². The number of aryl methyl sites for hydroxylation is 1. The predicted octanol–water partition coefficient (Wildman–Crippen LogP) is 4.36. The Labute approximate surface area is 134 Å². The number of hydrogen-bond acceptors (Lipinski definition) is 3. The molecule has 0 saturated heterocycles. The number of carbonyl (C=O) groups is 2. The Morgan fingerprint density at radius 3 is 2.41 bits per heavy atom. The zero-order valence-electron chi connectivity index (χ0n) is 13.0. The Kier molecular flexibility index (Phi) is 5.33. The van der Waals surface area contributed by atoms with E-state index in [1.807, 2.05) is 51.1 Å². The molecule has 0 aliphatic carbocycles. The van der Waals surface area contributed by atoms with E-state index in [1.54, 1.807) is 0 Å². The lowest BCUT2D eigenvalue weighted by Gasteiger charge is -2.08. The largest absolute Gasteiger partial charge is 0.322 e. The van der Waals surface area contributed by atoms with Crippen LogP contribution in [0.3, 0.4) is 0 Å². The van der Waals surface area contributed by atoms with Crippen LogP contribution < -0.4 is 10.6 Å². The molecule has 1 aromatic carbocycles. The predicted molar refractivity (Wildman–Crippen MR) is 91.7 cm³/mol. The van der Waals surface area contributed by atoms with Gasteiger partial charge in [-0.05, 0) is 38.0 Å². The fraction of sp³-hybridized carbons (Fsp3) is 0.294. The van der Waals surface area contributed by atoms with E-state index in [0.29, 0.717) is 17.0 Å². The van der Waals surface area contributed by atoms with Crippen molar-refractivity contribution in [2.24, 2.45) is 0 Å². The normalized spacial score (nSPS) is 10.3. The standard InChI is InChI=1S/C17H20N2O2S/c1-4-8-14(20)19-17-15(11(2)12(3)22-17)16(21)18-13-9-6-5-7-10-13/h5-7,9-10H,4,8H2,1-3H3,(H,18,21)(H,19,20). The van der Waals surface area contributed by atoms with E-state index < -0.39 is 0 Å². The minimum absolute atomic E-state index is 0.0579. The minimum atomic E-state index is -0.195. The summed E-state index contributed by atoms with van der Waals surface area (Å²) in [5.41, 5.74) is 2.20. The highest BCUT2D eigenvalue weighted by Crippen LogP contribution is 2.33. The topological polar surface area (TPSA) is 58.2 Å². The average Bonchev–Trinajstić information content (AvgIpc) is 2.75. The van der Waals surface area contributed by atoms with Crippen molar-refractivity contribution in [3.63, 3.8) is 0 Å². The second kappa shape index (κ2) is 7.22. The molecular weight excluding hydrogens is 296 g/mol. The maximum Gasteiger partial charge on any atom is 0.258 e. The molecule has 5 heteroatoms. The molecule has 0 bridgehead atoms. The number of nitrogens with one attached hydrogen (secondary N) is 2. The van der Waals surface area contributed by atoms with E-state index >= 15 is 0 Å². The molecule has 116 valence electrons. The molecule has 2 N–H and O–H groups in total. The molecule has 0 fully saturated rings. The first kappa shape index (κ1) is 16.2. The second-order valence-corrected chi connectivity index (χ2v) is 6.33. The lowest BCUT2D eigenvalue weighted by molar-refractivity contribution is -0.116. The Bertz CT molecular complexity index is 677. The first-order valence-electron chi connectivity index (χ1n) is 7.29. The smallest absolute Gasteiger partial charge is 0.258 e. The molecule has 0 spiro atoms. The molecule has 0 unspecified atom stereocenters. The van der Waals surface area contributed by atoms with Gasteiger partial charge in [-0.25, -0.2) is 0 Å². The summed E-state index contributed by atoms with van der Waals surface area (Å²) in [6, 6.07) is 9.30. The summed E-state index contributed by atoms with van der Waals surface area (Å²) in [5, 5.41) is 6.36. The number of amides is 2. The maximum absolute atomic E-state index is 12.6. The first-order valence-corrected chi connectivity index (χ1v) is 8.10.